The zero-order valence-corrected chi connectivity index (χ0v) is 12.6. The van der Waals surface area contributed by atoms with Gasteiger partial charge in [-0.1, -0.05) is 11.6 Å². The van der Waals surface area contributed by atoms with Crippen molar-refractivity contribution in [2.75, 3.05) is 13.1 Å². The van der Waals surface area contributed by atoms with Gasteiger partial charge < -0.3 is 4.90 Å². The number of amides is 1. The van der Waals surface area contributed by atoms with Crippen molar-refractivity contribution in [1.82, 2.24) is 19.9 Å². The van der Waals surface area contributed by atoms with Gasteiger partial charge in [0.25, 0.3) is 5.91 Å². The molecule has 20 heavy (non-hydrogen) atoms. The lowest BCUT2D eigenvalue weighted by Crippen LogP contribution is -2.31. The van der Waals surface area contributed by atoms with Gasteiger partial charge in [0.05, 0.1) is 11.4 Å². The van der Waals surface area contributed by atoms with Crippen molar-refractivity contribution in [3.05, 3.63) is 40.7 Å². The number of rotatable bonds is 4. The summed E-state index contributed by atoms with van der Waals surface area (Å²) in [6.07, 6.45) is 0. The molecule has 0 atom stereocenters. The maximum atomic E-state index is 12.3. The number of carbonyl (C=O) groups is 1. The van der Waals surface area contributed by atoms with E-state index in [2.05, 4.69) is 10.2 Å². The lowest BCUT2D eigenvalue weighted by Gasteiger charge is -2.16. The fourth-order valence-electron chi connectivity index (χ4n) is 1.93. The number of nitrogens with zero attached hydrogens (tertiary/aromatic N) is 4. The predicted octanol–water partition coefficient (Wildman–Crippen LogP) is 2.71. The number of aryl methyl sites for hydroxylation is 1. The summed E-state index contributed by atoms with van der Waals surface area (Å²) in [5, 5.41) is 9.25. The summed E-state index contributed by atoms with van der Waals surface area (Å²) in [5.41, 5.74) is 1.79. The summed E-state index contributed by atoms with van der Waals surface area (Å²) in [4.78, 5) is 15.5. The number of benzene rings is 1. The SMILES string of the molecule is CCN(CC)C(=O)c1nn(-c2ccc(Cl)cc2)nc1C. The molecule has 0 fully saturated rings. The molecule has 2 rings (SSSR count). The second-order valence-corrected chi connectivity index (χ2v) is 4.81. The molecule has 0 radical (unpaired) electrons. The highest BCUT2D eigenvalue weighted by atomic mass is 35.5. The van der Waals surface area contributed by atoms with Crippen LogP contribution in [0.2, 0.25) is 5.02 Å². The van der Waals surface area contributed by atoms with E-state index in [1.807, 2.05) is 26.0 Å². The van der Waals surface area contributed by atoms with Crippen molar-refractivity contribution in [3.8, 4) is 5.69 Å². The molecule has 0 saturated heterocycles. The molecule has 0 spiro atoms. The van der Waals surface area contributed by atoms with Gasteiger partial charge >= 0.3 is 0 Å². The van der Waals surface area contributed by atoms with Crippen LogP contribution >= 0.6 is 11.6 Å². The molecule has 0 aliphatic carbocycles. The van der Waals surface area contributed by atoms with Gasteiger partial charge in [-0.05, 0) is 45.0 Å². The molecule has 1 heterocycles. The topological polar surface area (TPSA) is 51.0 Å². The molecule has 1 amide bonds. The van der Waals surface area contributed by atoms with Crippen molar-refractivity contribution in [3.63, 3.8) is 0 Å². The molecule has 6 heteroatoms. The zero-order valence-electron chi connectivity index (χ0n) is 11.8. The number of hydrogen-bond donors (Lipinski definition) is 0. The van der Waals surface area contributed by atoms with E-state index in [0.717, 1.165) is 5.69 Å². The van der Waals surface area contributed by atoms with Crippen molar-refractivity contribution in [2.24, 2.45) is 0 Å². The van der Waals surface area contributed by atoms with E-state index in [-0.39, 0.29) is 5.91 Å². The first-order valence-corrected chi connectivity index (χ1v) is 6.93. The number of aromatic nitrogens is 3. The summed E-state index contributed by atoms with van der Waals surface area (Å²) in [7, 11) is 0. The number of hydrogen-bond acceptors (Lipinski definition) is 3. The summed E-state index contributed by atoms with van der Waals surface area (Å²) >= 11 is 5.85. The molecular formula is C14H17ClN4O. The van der Waals surface area contributed by atoms with Gasteiger partial charge in [0.1, 0.15) is 0 Å². The van der Waals surface area contributed by atoms with Crippen LogP contribution in [0.1, 0.15) is 30.0 Å². The molecule has 0 aliphatic heterocycles. The van der Waals surface area contributed by atoms with Crippen LogP contribution in [0.15, 0.2) is 24.3 Å². The predicted molar refractivity (Wildman–Crippen MR) is 78.4 cm³/mol. The van der Waals surface area contributed by atoms with E-state index >= 15 is 0 Å². The highest BCUT2D eigenvalue weighted by Crippen LogP contribution is 2.14. The van der Waals surface area contributed by atoms with Crippen LogP contribution in [-0.4, -0.2) is 38.9 Å². The maximum Gasteiger partial charge on any atom is 0.276 e. The summed E-state index contributed by atoms with van der Waals surface area (Å²) in [6, 6.07) is 7.16. The molecule has 0 N–H and O–H groups in total. The average Bonchev–Trinajstić information content (AvgIpc) is 2.83. The smallest absolute Gasteiger partial charge is 0.276 e. The highest BCUT2D eigenvalue weighted by molar-refractivity contribution is 6.30. The van der Waals surface area contributed by atoms with Gasteiger partial charge in [0.2, 0.25) is 0 Å². The van der Waals surface area contributed by atoms with Crippen molar-refractivity contribution in [2.45, 2.75) is 20.8 Å². The Morgan fingerprint density at radius 1 is 1.20 bits per heavy atom. The molecule has 0 unspecified atom stereocenters. The third-order valence-corrected chi connectivity index (χ3v) is 3.34. The van der Waals surface area contributed by atoms with Crippen molar-refractivity contribution < 1.29 is 4.79 Å². The molecule has 2 aromatic rings. The standard InChI is InChI=1S/C14H17ClN4O/c1-4-18(5-2)14(20)13-10(3)16-19(17-13)12-8-6-11(15)7-9-12/h6-9H,4-5H2,1-3H3. The Balaban J connectivity index is 2.34. The Labute approximate surface area is 123 Å². The molecule has 106 valence electrons. The van der Waals surface area contributed by atoms with Gasteiger partial charge in [0, 0.05) is 18.1 Å². The Morgan fingerprint density at radius 2 is 1.80 bits per heavy atom. The fraction of sp³-hybridized carbons (Fsp3) is 0.357. The Hall–Kier alpha value is -1.88. The molecule has 0 aliphatic rings. The first kappa shape index (κ1) is 14.5. The van der Waals surface area contributed by atoms with Crippen LogP contribution in [0.4, 0.5) is 0 Å². The lowest BCUT2D eigenvalue weighted by molar-refractivity contribution is 0.0766. The lowest BCUT2D eigenvalue weighted by atomic mass is 10.3. The monoisotopic (exact) mass is 292 g/mol. The quantitative estimate of drug-likeness (QED) is 0.870. The highest BCUT2D eigenvalue weighted by Gasteiger charge is 2.20. The maximum absolute atomic E-state index is 12.3. The van der Waals surface area contributed by atoms with E-state index in [1.165, 1.54) is 4.80 Å². The van der Waals surface area contributed by atoms with Crippen LogP contribution in [-0.2, 0) is 0 Å². The van der Waals surface area contributed by atoms with Gasteiger partial charge in [0.15, 0.2) is 5.69 Å². The van der Waals surface area contributed by atoms with Gasteiger partial charge in [-0.3, -0.25) is 4.79 Å². The molecule has 1 aromatic carbocycles. The second-order valence-electron chi connectivity index (χ2n) is 4.38. The van der Waals surface area contributed by atoms with E-state index in [1.54, 1.807) is 24.0 Å². The third kappa shape index (κ3) is 2.82. The van der Waals surface area contributed by atoms with Gasteiger partial charge in [-0.25, -0.2) is 0 Å². The minimum absolute atomic E-state index is 0.0901. The minimum Gasteiger partial charge on any atom is -0.338 e. The zero-order chi connectivity index (χ0) is 14.7. The van der Waals surface area contributed by atoms with E-state index in [4.69, 9.17) is 11.6 Å². The molecular weight excluding hydrogens is 276 g/mol. The van der Waals surface area contributed by atoms with Crippen LogP contribution in [0.5, 0.6) is 0 Å². The summed E-state index contributed by atoms with van der Waals surface area (Å²) in [5.74, 6) is -0.0901. The molecule has 0 bridgehead atoms. The van der Waals surface area contributed by atoms with E-state index in [9.17, 15) is 4.79 Å². The van der Waals surface area contributed by atoms with Gasteiger partial charge in [-0.2, -0.15) is 9.90 Å². The minimum atomic E-state index is -0.0901. The second kappa shape index (κ2) is 6.05. The van der Waals surface area contributed by atoms with Crippen LogP contribution < -0.4 is 0 Å². The first-order valence-electron chi connectivity index (χ1n) is 6.56. The first-order chi connectivity index (χ1) is 9.56. The normalized spacial score (nSPS) is 10.6. The van der Waals surface area contributed by atoms with Crippen molar-refractivity contribution in [1.29, 1.82) is 0 Å². The Morgan fingerprint density at radius 3 is 2.35 bits per heavy atom. The average molecular weight is 293 g/mol. The van der Waals surface area contributed by atoms with Crippen LogP contribution in [0, 0.1) is 6.92 Å². The molecule has 0 saturated carbocycles. The van der Waals surface area contributed by atoms with Gasteiger partial charge in [-0.15, -0.1) is 5.10 Å². The number of carbonyl (C=O) groups excluding carboxylic acids is 1. The summed E-state index contributed by atoms with van der Waals surface area (Å²) < 4.78 is 0. The fourth-order valence-corrected chi connectivity index (χ4v) is 2.05. The molecule has 1 aromatic heterocycles. The van der Waals surface area contributed by atoms with E-state index in [0.29, 0.717) is 29.5 Å². The number of halogens is 1. The summed E-state index contributed by atoms with van der Waals surface area (Å²) in [6.45, 7) is 6.99. The molecule has 5 nitrogen and oxygen atoms in total. The Bertz CT molecular complexity index is 602. The van der Waals surface area contributed by atoms with Crippen LogP contribution in [0.25, 0.3) is 5.69 Å². The van der Waals surface area contributed by atoms with Crippen molar-refractivity contribution >= 4 is 17.5 Å². The Kier molecular flexibility index (Phi) is 4.39. The third-order valence-electron chi connectivity index (χ3n) is 3.09. The largest absolute Gasteiger partial charge is 0.338 e. The van der Waals surface area contributed by atoms with E-state index < -0.39 is 0 Å². The van der Waals surface area contributed by atoms with Crippen LogP contribution in [0.3, 0.4) is 0 Å².